The third-order valence-electron chi connectivity index (χ3n) is 5.14. The van der Waals surface area contributed by atoms with Gasteiger partial charge in [0, 0.05) is 5.02 Å². The second-order valence-electron chi connectivity index (χ2n) is 7.09. The first-order valence-electron chi connectivity index (χ1n) is 9.45. The zero-order chi connectivity index (χ0) is 20.7. The van der Waals surface area contributed by atoms with Crippen LogP contribution in [0.1, 0.15) is 11.1 Å². The molecular weight excluding hydrogens is 404 g/mol. The Bertz CT molecular complexity index is 1390. The minimum absolute atomic E-state index is 0.143. The minimum atomic E-state index is -0.378. The van der Waals surface area contributed by atoms with Crippen LogP contribution in [0.25, 0.3) is 10.9 Å². The third kappa shape index (κ3) is 3.25. The number of benzene rings is 3. The Balaban J connectivity index is 1.65. The molecule has 0 amide bonds. The number of nitrogens with zero attached hydrogens (tertiary/aromatic N) is 2. The fourth-order valence-electron chi connectivity index (χ4n) is 3.70. The van der Waals surface area contributed by atoms with Gasteiger partial charge in [-0.05, 0) is 47.5 Å². The van der Waals surface area contributed by atoms with Gasteiger partial charge in [0.15, 0.2) is 11.5 Å². The molecule has 0 aliphatic carbocycles. The minimum Gasteiger partial charge on any atom is -0.454 e. The van der Waals surface area contributed by atoms with E-state index < -0.39 is 0 Å². The van der Waals surface area contributed by atoms with Crippen LogP contribution in [-0.4, -0.2) is 15.9 Å². The molecule has 0 saturated heterocycles. The molecule has 3 aromatic carbocycles. The third-order valence-corrected chi connectivity index (χ3v) is 5.37. The number of halogens is 1. The summed E-state index contributed by atoms with van der Waals surface area (Å²) < 4.78 is 13.7. The maximum absolute atomic E-state index is 13.4. The maximum Gasteiger partial charge on any atom is 0.332 e. The summed E-state index contributed by atoms with van der Waals surface area (Å²) in [4.78, 5) is 26.4. The highest BCUT2D eigenvalue weighted by molar-refractivity contribution is 6.30. The first kappa shape index (κ1) is 18.5. The van der Waals surface area contributed by atoms with Gasteiger partial charge in [0.25, 0.3) is 5.56 Å². The van der Waals surface area contributed by atoms with Crippen LogP contribution in [0.4, 0.5) is 0 Å². The molecule has 0 unspecified atom stereocenters. The highest BCUT2D eigenvalue weighted by Crippen LogP contribution is 2.32. The van der Waals surface area contributed by atoms with Crippen LogP contribution in [0.15, 0.2) is 76.3 Å². The molecule has 1 aliphatic rings. The number of aromatic nitrogens is 2. The van der Waals surface area contributed by atoms with Crippen LogP contribution >= 0.6 is 11.6 Å². The summed E-state index contributed by atoms with van der Waals surface area (Å²) in [5.74, 6) is 1.33. The van der Waals surface area contributed by atoms with Crippen molar-refractivity contribution in [2.45, 2.75) is 13.1 Å². The van der Waals surface area contributed by atoms with Gasteiger partial charge in [0.1, 0.15) is 0 Å². The standard InChI is InChI=1S/C23H17ClN2O4/c24-17-5-3-4-15(10-17)13-26-22(27)18-6-1-2-7-19(18)25(23(26)28)12-16-8-9-20-21(11-16)30-14-29-20/h1-11H,12-14H2. The summed E-state index contributed by atoms with van der Waals surface area (Å²) in [6, 6.07) is 19.9. The van der Waals surface area contributed by atoms with Crippen molar-refractivity contribution in [1.82, 2.24) is 9.13 Å². The Hall–Kier alpha value is -3.51. The molecule has 6 nitrogen and oxygen atoms in total. The van der Waals surface area contributed by atoms with Crippen molar-refractivity contribution >= 4 is 22.5 Å². The van der Waals surface area contributed by atoms with E-state index >= 15 is 0 Å². The summed E-state index contributed by atoms with van der Waals surface area (Å²) in [5, 5.41) is 1.04. The van der Waals surface area contributed by atoms with E-state index in [9.17, 15) is 9.59 Å². The average molecular weight is 421 g/mol. The topological polar surface area (TPSA) is 62.5 Å². The van der Waals surface area contributed by atoms with E-state index in [1.165, 1.54) is 4.57 Å². The Morgan fingerprint density at radius 1 is 0.800 bits per heavy atom. The fraction of sp³-hybridized carbons (Fsp3) is 0.130. The molecule has 0 fully saturated rings. The summed E-state index contributed by atoms with van der Waals surface area (Å²) in [6.45, 7) is 0.627. The molecule has 1 aromatic heterocycles. The highest BCUT2D eigenvalue weighted by atomic mass is 35.5. The van der Waals surface area contributed by atoms with E-state index in [1.807, 2.05) is 30.3 Å². The van der Waals surface area contributed by atoms with Crippen molar-refractivity contribution in [3.63, 3.8) is 0 Å². The number of hydrogen-bond donors (Lipinski definition) is 0. The highest BCUT2D eigenvalue weighted by Gasteiger charge is 2.16. The molecule has 30 heavy (non-hydrogen) atoms. The van der Waals surface area contributed by atoms with Gasteiger partial charge in [-0.1, -0.05) is 41.9 Å². The van der Waals surface area contributed by atoms with Crippen LogP contribution in [0.3, 0.4) is 0 Å². The van der Waals surface area contributed by atoms with Gasteiger partial charge in [-0.15, -0.1) is 0 Å². The van der Waals surface area contributed by atoms with Crippen LogP contribution in [0, 0.1) is 0 Å². The monoisotopic (exact) mass is 420 g/mol. The molecule has 5 rings (SSSR count). The Kier molecular flexibility index (Phi) is 4.56. The van der Waals surface area contributed by atoms with Crippen molar-refractivity contribution in [1.29, 1.82) is 0 Å². The molecule has 0 saturated carbocycles. The first-order chi connectivity index (χ1) is 14.6. The smallest absolute Gasteiger partial charge is 0.332 e. The molecule has 0 radical (unpaired) electrons. The molecular formula is C23H17ClN2O4. The van der Waals surface area contributed by atoms with Gasteiger partial charge >= 0.3 is 5.69 Å². The van der Waals surface area contributed by atoms with E-state index in [0.29, 0.717) is 34.0 Å². The number of para-hydroxylation sites is 1. The molecule has 0 spiro atoms. The quantitative estimate of drug-likeness (QED) is 0.505. The number of rotatable bonds is 4. The largest absolute Gasteiger partial charge is 0.454 e. The van der Waals surface area contributed by atoms with Crippen molar-refractivity contribution in [3.05, 3.63) is 104 Å². The zero-order valence-corrected chi connectivity index (χ0v) is 16.6. The van der Waals surface area contributed by atoms with Crippen LogP contribution in [-0.2, 0) is 13.1 Å². The molecule has 1 aliphatic heterocycles. The van der Waals surface area contributed by atoms with Crippen molar-refractivity contribution in [2.75, 3.05) is 6.79 Å². The lowest BCUT2D eigenvalue weighted by Gasteiger charge is -2.15. The van der Waals surface area contributed by atoms with E-state index in [1.54, 1.807) is 41.0 Å². The van der Waals surface area contributed by atoms with Gasteiger partial charge < -0.3 is 9.47 Å². The summed E-state index contributed by atoms with van der Waals surface area (Å²) >= 11 is 6.08. The van der Waals surface area contributed by atoms with Gasteiger partial charge in [-0.2, -0.15) is 0 Å². The van der Waals surface area contributed by atoms with Gasteiger partial charge in [-0.3, -0.25) is 13.9 Å². The van der Waals surface area contributed by atoms with Crippen LogP contribution in [0.5, 0.6) is 11.5 Å². The lowest BCUT2D eigenvalue weighted by molar-refractivity contribution is 0.174. The average Bonchev–Trinajstić information content (AvgIpc) is 3.22. The van der Waals surface area contributed by atoms with E-state index in [4.69, 9.17) is 21.1 Å². The lowest BCUT2D eigenvalue weighted by Crippen LogP contribution is -2.40. The molecule has 4 aromatic rings. The van der Waals surface area contributed by atoms with E-state index in [0.717, 1.165) is 11.1 Å². The van der Waals surface area contributed by atoms with Crippen LogP contribution < -0.4 is 20.7 Å². The molecule has 2 heterocycles. The Morgan fingerprint density at radius 2 is 1.57 bits per heavy atom. The number of fused-ring (bicyclic) bond motifs is 2. The predicted octanol–water partition coefficient (Wildman–Crippen LogP) is 3.64. The Morgan fingerprint density at radius 3 is 2.43 bits per heavy atom. The molecule has 150 valence electrons. The lowest BCUT2D eigenvalue weighted by atomic mass is 10.1. The maximum atomic E-state index is 13.4. The molecule has 7 heteroatoms. The summed E-state index contributed by atoms with van der Waals surface area (Å²) in [6.07, 6.45) is 0. The number of ether oxygens (including phenoxy) is 2. The van der Waals surface area contributed by atoms with Crippen molar-refractivity contribution < 1.29 is 9.47 Å². The van der Waals surface area contributed by atoms with Crippen molar-refractivity contribution in [2.24, 2.45) is 0 Å². The second kappa shape index (κ2) is 7.39. The molecule has 0 bridgehead atoms. The summed E-state index contributed by atoms with van der Waals surface area (Å²) in [7, 11) is 0. The van der Waals surface area contributed by atoms with Crippen molar-refractivity contribution in [3.8, 4) is 11.5 Å². The van der Waals surface area contributed by atoms with Gasteiger partial charge in [0.2, 0.25) is 6.79 Å². The van der Waals surface area contributed by atoms with E-state index in [-0.39, 0.29) is 24.6 Å². The molecule has 0 N–H and O–H groups in total. The molecule has 0 atom stereocenters. The fourth-order valence-corrected chi connectivity index (χ4v) is 3.92. The second-order valence-corrected chi connectivity index (χ2v) is 7.53. The Labute approximate surface area is 176 Å². The normalized spacial score (nSPS) is 12.4. The summed E-state index contributed by atoms with van der Waals surface area (Å²) in [5.41, 5.74) is 1.55. The van der Waals surface area contributed by atoms with E-state index in [2.05, 4.69) is 0 Å². The number of hydrogen-bond acceptors (Lipinski definition) is 4. The SMILES string of the molecule is O=c1c2ccccc2n(Cc2ccc3c(c2)OCO3)c(=O)n1Cc1cccc(Cl)c1. The zero-order valence-electron chi connectivity index (χ0n) is 15.9. The van der Waals surface area contributed by atoms with Gasteiger partial charge in [-0.25, -0.2) is 4.79 Å². The van der Waals surface area contributed by atoms with Gasteiger partial charge in [0.05, 0.1) is 24.0 Å². The van der Waals surface area contributed by atoms with Crippen LogP contribution in [0.2, 0.25) is 5.02 Å². The predicted molar refractivity (Wildman–Crippen MR) is 115 cm³/mol. The first-order valence-corrected chi connectivity index (χ1v) is 9.83.